The maximum absolute atomic E-state index is 13.2. The van der Waals surface area contributed by atoms with Crippen LogP contribution in [0.5, 0.6) is 0 Å². The number of carbonyl (C=O) groups excluding carboxylic acids is 1. The normalized spacial score (nSPS) is 17.2. The van der Waals surface area contributed by atoms with E-state index < -0.39 is 16.1 Å². The van der Waals surface area contributed by atoms with Crippen LogP contribution in [0.3, 0.4) is 0 Å². The van der Waals surface area contributed by atoms with E-state index in [1.54, 1.807) is 36.4 Å². The van der Waals surface area contributed by atoms with Crippen molar-refractivity contribution in [1.82, 2.24) is 14.4 Å². The fourth-order valence-electron chi connectivity index (χ4n) is 3.44. The second-order valence-corrected chi connectivity index (χ2v) is 9.27. The SMILES string of the molecule is CC(=O)Nc1ccc(S(=O)(=O)N2CCCC2c2nc(-c3cccc(Cl)c3)no2)cc1. The Morgan fingerprint density at radius 3 is 2.70 bits per heavy atom. The number of nitrogens with one attached hydrogen (secondary N) is 1. The fraction of sp³-hybridized carbons (Fsp3) is 0.250. The Morgan fingerprint density at radius 1 is 1.23 bits per heavy atom. The van der Waals surface area contributed by atoms with Crippen molar-refractivity contribution in [1.29, 1.82) is 0 Å². The maximum Gasteiger partial charge on any atom is 0.245 e. The van der Waals surface area contributed by atoms with E-state index in [9.17, 15) is 13.2 Å². The summed E-state index contributed by atoms with van der Waals surface area (Å²) in [7, 11) is -3.77. The van der Waals surface area contributed by atoms with Crippen molar-refractivity contribution >= 4 is 33.2 Å². The van der Waals surface area contributed by atoms with Crippen molar-refractivity contribution in [2.24, 2.45) is 0 Å². The zero-order valence-corrected chi connectivity index (χ0v) is 17.7. The number of hydrogen-bond acceptors (Lipinski definition) is 6. The summed E-state index contributed by atoms with van der Waals surface area (Å²) in [4.78, 5) is 15.7. The zero-order chi connectivity index (χ0) is 21.3. The van der Waals surface area contributed by atoms with Crippen LogP contribution in [0.1, 0.15) is 31.7 Å². The molecule has 30 heavy (non-hydrogen) atoms. The number of carbonyl (C=O) groups is 1. The lowest BCUT2D eigenvalue weighted by molar-refractivity contribution is -0.114. The minimum absolute atomic E-state index is 0.137. The van der Waals surface area contributed by atoms with Gasteiger partial charge >= 0.3 is 0 Å². The molecule has 1 atom stereocenters. The van der Waals surface area contributed by atoms with Gasteiger partial charge in [-0.1, -0.05) is 28.9 Å². The summed E-state index contributed by atoms with van der Waals surface area (Å²) in [6.45, 7) is 1.75. The summed E-state index contributed by atoms with van der Waals surface area (Å²) >= 11 is 6.02. The van der Waals surface area contributed by atoms with Gasteiger partial charge in [-0.2, -0.15) is 9.29 Å². The Morgan fingerprint density at radius 2 is 2.00 bits per heavy atom. The van der Waals surface area contributed by atoms with Crippen LogP contribution >= 0.6 is 11.6 Å². The van der Waals surface area contributed by atoms with Gasteiger partial charge in [0.15, 0.2) is 0 Å². The molecule has 10 heteroatoms. The first-order chi connectivity index (χ1) is 14.3. The van der Waals surface area contributed by atoms with E-state index in [1.807, 2.05) is 0 Å². The molecule has 0 saturated carbocycles. The minimum Gasteiger partial charge on any atom is -0.337 e. The van der Waals surface area contributed by atoms with Crippen LogP contribution in [0, 0.1) is 0 Å². The highest BCUT2D eigenvalue weighted by molar-refractivity contribution is 7.89. The van der Waals surface area contributed by atoms with Crippen LogP contribution in [0.15, 0.2) is 57.9 Å². The second kappa shape index (κ2) is 8.17. The van der Waals surface area contributed by atoms with E-state index in [4.69, 9.17) is 16.1 Å². The Balaban J connectivity index is 1.59. The highest BCUT2D eigenvalue weighted by atomic mass is 35.5. The first-order valence-electron chi connectivity index (χ1n) is 9.33. The van der Waals surface area contributed by atoms with Gasteiger partial charge in [0.1, 0.15) is 6.04 Å². The summed E-state index contributed by atoms with van der Waals surface area (Å²) in [6.07, 6.45) is 1.27. The quantitative estimate of drug-likeness (QED) is 0.637. The molecular weight excluding hydrogens is 428 g/mol. The van der Waals surface area contributed by atoms with Crippen LogP contribution in [-0.2, 0) is 14.8 Å². The topological polar surface area (TPSA) is 105 Å². The van der Waals surface area contributed by atoms with Gasteiger partial charge in [-0.05, 0) is 49.2 Å². The largest absolute Gasteiger partial charge is 0.337 e. The van der Waals surface area contributed by atoms with Gasteiger partial charge in [0.25, 0.3) is 0 Å². The average Bonchev–Trinajstić information content (AvgIpc) is 3.38. The molecule has 1 N–H and O–H groups in total. The average molecular weight is 447 g/mol. The molecule has 2 heterocycles. The third-order valence-corrected chi connectivity index (χ3v) is 6.95. The molecule has 0 radical (unpaired) electrons. The smallest absolute Gasteiger partial charge is 0.245 e. The first kappa shape index (κ1) is 20.5. The van der Waals surface area contributed by atoms with E-state index in [-0.39, 0.29) is 16.7 Å². The Kier molecular flexibility index (Phi) is 5.59. The van der Waals surface area contributed by atoms with Crippen molar-refractivity contribution in [3.63, 3.8) is 0 Å². The molecule has 1 amide bonds. The van der Waals surface area contributed by atoms with E-state index in [1.165, 1.54) is 23.4 Å². The number of halogens is 1. The Bertz CT molecular complexity index is 1180. The van der Waals surface area contributed by atoms with E-state index in [0.29, 0.717) is 41.5 Å². The standard InChI is InChI=1S/C20H19ClN4O4S/c1-13(26)22-16-7-9-17(10-8-16)30(27,28)25-11-3-6-18(25)20-23-19(24-29-20)14-4-2-5-15(21)12-14/h2,4-5,7-10,12,18H,3,6,11H2,1H3,(H,22,26). The molecule has 1 aliphatic rings. The third-order valence-electron chi connectivity index (χ3n) is 4.79. The molecule has 1 unspecified atom stereocenters. The lowest BCUT2D eigenvalue weighted by atomic mass is 10.2. The maximum atomic E-state index is 13.2. The van der Waals surface area contributed by atoms with E-state index >= 15 is 0 Å². The van der Waals surface area contributed by atoms with Crippen molar-refractivity contribution < 1.29 is 17.7 Å². The molecule has 2 aromatic carbocycles. The number of rotatable bonds is 5. The zero-order valence-electron chi connectivity index (χ0n) is 16.1. The number of aromatic nitrogens is 2. The number of sulfonamides is 1. The molecular formula is C20H19ClN4O4S. The molecule has 1 fully saturated rings. The van der Waals surface area contributed by atoms with Gasteiger partial charge in [-0.15, -0.1) is 0 Å². The van der Waals surface area contributed by atoms with E-state index in [0.717, 1.165) is 0 Å². The number of amides is 1. The second-order valence-electron chi connectivity index (χ2n) is 6.95. The van der Waals surface area contributed by atoms with E-state index in [2.05, 4.69) is 15.5 Å². The van der Waals surface area contributed by atoms with Gasteiger partial charge in [-0.3, -0.25) is 4.79 Å². The first-order valence-corrected chi connectivity index (χ1v) is 11.2. The highest BCUT2D eigenvalue weighted by Crippen LogP contribution is 2.36. The number of hydrogen-bond donors (Lipinski definition) is 1. The fourth-order valence-corrected chi connectivity index (χ4v) is 5.28. The summed E-state index contributed by atoms with van der Waals surface area (Å²) in [5.41, 5.74) is 1.22. The van der Waals surface area contributed by atoms with Crippen molar-refractivity contribution in [2.75, 3.05) is 11.9 Å². The predicted octanol–water partition coefficient (Wildman–Crippen LogP) is 3.87. The van der Waals surface area contributed by atoms with Gasteiger partial charge in [0, 0.05) is 29.7 Å². The molecule has 1 aromatic heterocycles. The summed E-state index contributed by atoms with van der Waals surface area (Å²) in [5, 5.41) is 7.16. The summed E-state index contributed by atoms with van der Waals surface area (Å²) < 4.78 is 33.2. The van der Waals surface area contributed by atoms with Crippen LogP contribution < -0.4 is 5.32 Å². The van der Waals surface area contributed by atoms with Crippen LogP contribution in [-0.4, -0.2) is 35.3 Å². The van der Waals surface area contributed by atoms with Crippen LogP contribution in [0.4, 0.5) is 5.69 Å². The molecule has 0 bridgehead atoms. The van der Waals surface area contributed by atoms with Crippen LogP contribution in [0.2, 0.25) is 5.02 Å². The lowest BCUT2D eigenvalue weighted by Crippen LogP contribution is -2.30. The third kappa shape index (κ3) is 4.09. The Hall–Kier alpha value is -2.75. The lowest BCUT2D eigenvalue weighted by Gasteiger charge is -2.21. The molecule has 4 rings (SSSR count). The number of benzene rings is 2. The summed E-state index contributed by atoms with van der Waals surface area (Å²) in [5.74, 6) is 0.384. The minimum atomic E-state index is -3.77. The van der Waals surface area contributed by atoms with Crippen LogP contribution in [0.25, 0.3) is 11.4 Å². The molecule has 1 aliphatic heterocycles. The van der Waals surface area contributed by atoms with Crippen molar-refractivity contribution in [2.45, 2.75) is 30.7 Å². The number of nitrogens with zero attached hydrogens (tertiary/aromatic N) is 3. The van der Waals surface area contributed by atoms with Gasteiger partial charge < -0.3 is 9.84 Å². The van der Waals surface area contributed by atoms with Gasteiger partial charge in [-0.25, -0.2) is 8.42 Å². The molecule has 0 aliphatic carbocycles. The van der Waals surface area contributed by atoms with Gasteiger partial charge in [0.05, 0.1) is 4.90 Å². The van der Waals surface area contributed by atoms with Crippen molar-refractivity contribution in [3.05, 3.63) is 59.4 Å². The monoisotopic (exact) mass is 446 g/mol. The molecule has 156 valence electrons. The molecule has 8 nitrogen and oxygen atoms in total. The van der Waals surface area contributed by atoms with Gasteiger partial charge in [0.2, 0.25) is 27.6 Å². The number of anilines is 1. The van der Waals surface area contributed by atoms with Crippen molar-refractivity contribution in [3.8, 4) is 11.4 Å². The molecule has 0 spiro atoms. The molecule has 1 saturated heterocycles. The summed E-state index contributed by atoms with van der Waals surface area (Å²) in [6, 6.07) is 12.6. The Labute approximate surface area is 178 Å². The predicted molar refractivity (Wildman–Crippen MR) is 111 cm³/mol. The molecule has 3 aromatic rings. The highest BCUT2D eigenvalue weighted by Gasteiger charge is 2.39.